The zero-order chi connectivity index (χ0) is 11.3. The van der Waals surface area contributed by atoms with Crippen molar-refractivity contribution in [3.8, 4) is 5.75 Å². The van der Waals surface area contributed by atoms with E-state index in [9.17, 15) is 0 Å². The van der Waals surface area contributed by atoms with Crippen LogP contribution in [0.1, 0.15) is 5.56 Å². The van der Waals surface area contributed by atoms with Crippen molar-refractivity contribution in [2.45, 2.75) is 6.92 Å². The maximum atomic E-state index is 5.24. The van der Waals surface area contributed by atoms with Gasteiger partial charge in [-0.25, -0.2) is 0 Å². The number of rotatable bonds is 1. The summed E-state index contributed by atoms with van der Waals surface area (Å²) in [5, 5.41) is 2.46. The Morgan fingerprint density at radius 2 is 2.00 bits per heavy atom. The molecule has 0 N–H and O–H groups in total. The van der Waals surface area contributed by atoms with Crippen LogP contribution in [0, 0.1) is 6.92 Å². The van der Waals surface area contributed by atoms with Crippen molar-refractivity contribution in [1.82, 2.24) is 0 Å². The van der Waals surface area contributed by atoms with Crippen LogP contribution in [0.25, 0.3) is 10.8 Å². The molecule has 0 spiro atoms. The van der Waals surface area contributed by atoms with E-state index in [2.05, 4.69) is 25.1 Å². The number of aryl methyl sites for hydroxylation is 1. The molecule has 0 heterocycles. The van der Waals surface area contributed by atoms with Gasteiger partial charge in [0.25, 0.3) is 0 Å². The number of hydrogen-bond acceptors (Lipinski definition) is 1. The van der Waals surface area contributed by atoms with Gasteiger partial charge in [-0.3, -0.25) is 0 Å². The minimum absolute atomic E-state index is 0.826. The van der Waals surface area contributed by atoms with Gasteiger partial charge in [-0.05, 0) is 6.07 Å². The van der Waals surface area contributed by atoms with Crippen molar-refractivity contribution < 1.29 is 25.6 Å². The molecule has 0 aliphatic carbocycles. The quantitative estimate of drug-likeness (QED) is 0.714. The topological polar surface area (TPSA) is 9.23 Å². The van der Waals surface area contributed by atoms with Gasteiger partial charge in [-0.15, -0.1) is 29.1 Å². The first-order valence-corrected chi connectivity index (χ1v) is 10.7. The van der Waals surface area contributed by atoms with E-state index in [1.807, 2.05) is 12.1 Å². The predicted molar refractivity (Wildman–Crippen MR) is 62.5 cm³/mol. The fraction of sp³-hybridized carbons (Fsp3) is 0.182. The van der Waals surface area contributed by atoms with Gasteiger partial charge in [0, 0.05) is 0 Å². The average Bonchev–Trinajstić information content (AvgIpc) is 2.58. The Labute approximate surface area is 108 Å². The van der Waals surface area contributed by atoms with Gasteiger partial charge < -0.3 is 4.74 Å². The molecular weight excluding hydrogens is 310 g/mol. The Morgan fingerprint density at radius 3 is 2.60 bits per heavy atom. The van der Waals surface area contributed by atoms with Crippen molar-refractivity contribution >= 4 is 27.8 Å². The second kappa shape index (κ2) is 6.63. The van der Waals surface area contributed by atoms with Gasteiger partial charge >= 0.3 is 37.9 Å². The Balaban J connectivity index is 0.000000337. The van der Waals surface area contributed by atoms with Gasteiger partial charge in [0.2, 0.25) is 0 Å². The van der Waals surface area contributed by atoms with Crippen LogP contribution >= 0.6 is 17.0 Å². The molecule has 1 nitrogen and oxygen atoms in total. The summed E-state index contributed by atoms with van der Waals surface area (Å²) in [5.74, 6) is 0.959. The molecule has 0 saturated heterocycles. The van der Waals surface area contributed by atoms with Crippen LogP contribution in [-0.2, 0) is 20.8 Å². The molecule has 0 atom stereocenters. The van der Waals surface area contributed by atoms with Crippen LogP contribution < -0.4 is 4.74 Å². The molecule has 2 aromatic rings. The third-order valence-corrected chi connectivity index (χ3v) is 2.07. The fourth-order valence-corrected chi connectivity index (χ4v) is 1.53. The summed E-state index contributed by atoms with van der Waals surface area (Å²) >= 11 is -0.826. The van der Waals surface area contributed by atoms with Crippen molar-refractivity contribution in [3.63, 3.8) is 0 Å². The van der Waals surface area contributed by atoms with Gasteiger partial charge in [-0.2, -0.15) is 6.07 Å². The predicted octanol–water partition coefficient (Wildman–Crippen LogP) is 4.25. The van der Waals surface area contributed by atoms with E-state index in [1.165, 1.54) is 16.3 Å². The van der Waals surface area contributed by atoms with Crippen molar-refractivity contribution in [3.05, 3.63) is 35.9 Å². The molecule has 0 fully saturated rings. The number of halogens is 2. The molecule has 15 heavy (non-hydrogen) atoms. The summed E-state index contributed by atoms with van der Waals surface area (Å²) in [5.41, 5.74) is 1.29. The first kappa shape index (κ1) is 13.2. The van der Waals surface area contributed by atoms with Crippen molar-refractivity contribution in [2.24, 2.45) is 0 Å². The molecular formula is C11H11Cl2OZr-. The molecule has 0 unspecified atom stereocenters. The van der Waals surface area contributed by atoms with Crippen LogP contribution in [0.5, 0.6) is 5.75 Å². The van der Waals surface area contributed by atoms with Gasteiger partial charge in [-0.1, -0.05) is 12.3 Å². The molecule has 0 radical (unpaired) electrons. The van der Waals surface area contributed by atoms with E-state index in [4.69, 9.17) is 21.8 Å². The summed E-state index contributed by atoms with van der Waals surface area (Å²) in [6.45, 7) is 2.10. The normalized spacial score (nSPS) is 9.33. The summed E-state index contributed by atoms with van der Waals surface area (Å²) in [6.07, 6.45) is 0. The van der Waals surface area contributed by atoms with E-state index in [0.717, 1.165) is 5.75 Å². The number of ether oxygens (including phenoxy) is 1. The summed E-state index contributed by atoms with van der Waals surface area (Å²) in [7, 11) is 11.6. The third kappa shape index (κ3) is 3.55. The standard InChI is InChI=1S/C11H11O.2ClH.Zr/c1-8-6-9-4-3-5-11(12-2)10(9)7-8;;;/h3-7H,1-2H3;2*1H;/q-1;;;+2/p-2. The molecule has 0 aromatic heterocycles. The van der Waals surface area contributed by atoms with Gasteiger partial charge in [0.15, 0.2) is 0 Å². The number of fused-ring (bicyclic) bond motifs is 1. The number of benzene rings is 1. The minimum atomic E-state index is -0.826. The molecule has 0 aliphatic heterocycles. The molecule has 2 rings (SSSR count). The van der Waals surface area contributed by atoms with Crippen LogP contribution in [0.4, 0.5) is 0 Å². The Hall–Kier alpha value is 0.0931. The van der Waals surface area contributed by atoms with Crippen LogP contribution in [0.2, 0.25) is 0 Å². The molecule has 0 amide bonds. The summed E-state index contributed by atoms with van der Waals surface area (Å²) < 4.78 is 5.24. The van der Waals surface area contributed by atoms with E-state index in [0.29, 0.717) is 0 Å². The van der Waals surface area contributed by atoms with Crippen LogP contribution in [-0.4, -0.2) is 7.11 Å². The van der Waals surface area contributed by atoms with Crippen LogP contribution in [0.3, 0.4) is 0 Å². The monoisotopic (exact) mass is 319 g/mol. The maximum absolute atomic E-state index is 5.24. The first-order chi connectivity index (χ1) is 7.22. The Morgan fingerprint density at radius 1 is 1.33 bits per heavy atom. The van der Waals surface area contributed by atoms with Crippen LogP contribution in [0.15, 0.2) is 30.3 Å². The molecule has 80 valence electrons. The average molecular weight is 321 g/mol. The first-order valence-electron chi connectivity index (χ1n) is 4.39. The Kier molecular flexibility index (Phi) is 5.81. The summed E-state index contributed by atoms with van der Waals surface area (Å²) in [4.78, 5) is 0. The van der Waals surface area contributed by atoms with E-state index in [1.54, 1.807) is 7.11 Å². The number of methoxy groups -OCH3 is 1. The second-order valence-corrected chi connectivity index (χ2v) is 6.80. The van der Waals surface area contributed by atoms with Gasteiger partial charge in [0.1, 0.15) is 0 Å². The fourth-order valence-electron chi connectivity index (χ4n) is 1.53. The van der Waals surface area contributed by atoms with Crippen molar-refractivity contribution in [2.75, 3.05) is 7.11 Å². The zero-order valence-electron chi connectivity index (χ0n) is 8.55. The van der Waals surface area contributed by atoms with Crippen molar-refractivity contribution in [1.29, 1.82) is 0 Å². The van der Waals surface area contributed by atoms with E-state index in [-0.39, 0.29) is 0 Å². The third-order valence-electron chi connectivity index (χ3n) is 2.07. The summed E-state index contributed by atoms with van der Waals surface area (Å²) in [6, 6.07) is 10.4. The molecule has 4 heteroatoms. The Bertz CT molecular complexity index is 425. The zero-order valence-corrected chi connectivity index (χ0v) is 12.5. The van der Waals surface area contributed by atoms with Gasteiger partial charge in [0.05, 0.1) is 12.9 Å². The SMILES string of the molecule is COc1cccc2[cH-]c(C)cc12.[Cl][Zr][Cl]. The molecule has 2 aromatic carbocycles. The van der Waals surface area contributed by atoms with E-state index >= 15 is 0 Å². The molecule has 0 saturated carbocycles. The van der Waals surface area contributed by atoms with E-state index < -0.39 is 20.8 Å². The molecule has 0 bridgehead atoms. The number of hydrogen-bond donors (Lipinski definition) is 0. The molecule has 0 aliphatic rings. The second-order valence-electron chi connectivity index (χ2n) is 3.07.